The van der Waals surface area contributed by atoms with Gasteiger partial charge in [-0.15, -0.1) is 11.8 Å². The lowest BCUT2D eigenvalue weighted by Crippen LogP contribution is -3.00. The molecule has 186 valence electrons. The van der Waals surface area contributed by atoms with E-state index in [2.05, 4.69) is 11.1 Å². The first-order valence-electron chi connectivity index (χ1n) is 10.3. The number of rotatable bonds is 20. The number of nitrogens with one attached hydrogen (secondary N) is 1. The summed E-state index contributed by atoms with van der Waals surface area (Å²) in [6.45, 7) is 12.3. The number of ether oxygens (including phenoxy) is 5. The van der Waals surface area contributed by atoms with E-state index >= 15 is 0 Å². The Morgan fingerprint density at radius 2 is 1.29 bits per heavy atom. The summed E-state index contributed by atoms with van der Waals surface area (Å²) in [5.74, 6) is 0.867. The van der Waals surface area contributed by atoms with E-state index in [4.69, 9.17) is 35.9 Å². The fourth-order valence-electron chi connectivity index (χ4n) is 1.94. The van der Waals surface area contributed by atoms with Crippen LogP contribution in [0.3, 0.4) is 0 Å². The molecule has 0 aromatic heterocycles. The van der Waals surface area contributed by atoms with Gasteiger partial charge in [-0.25, -0.2) is 0 Å². The Balaban J connectivity index is 0. The van der Waals surface area contributed by atoms with Crippen molar-refractivity contribution in [2.75, 3.05) is 84.9 Å². The standard InChI is InChI=1S/C19H38N2O6S3.ClH/c1-4-29-18(28)30-19(2,3)17(22)21-6-8-24-10-12-26-14-16-27-15-13-25-11-9-23-7-5-20;/h4-16,20H2,1-3H3,(H,21,22);1H. The summed E-state index contributed by atoms with van der Waals surface area (Å²) in [7, 11) is 0. The molecule has 0 heterocycles. The number of quaternary nitrogens is 1. The maximum atomic E-state index is 12.3. The Labute approximate surface area is 207 Å². The fourth-order valence-corrected chi connectivity index (χ4v) is 4.95. The van der Waals surface area contributed by atoms with Crippen LogP contribution in [-0.2, 0) is 28.5 Å². The van der Waals surface area contributed by atoms with Gasteiger partial charge in [0.15, 0.2) is 0 Å². The van der Waals surface area contributed by atoms with Crippen LogP contribution in [0, 0.1) is 0 Å². The zero-order valence-electron chi connectivity index (χ0n) is 19.0. The van der Waals surface area contributed by atoms with E-state index in [0.717, 1.165) is 15.8 Å². The average molecular weight is 523 g/mol. The molecule has 0 fully saturated rings. The topological polar surface area (TPSA) is 103 Å². The minimum atomic E-state index is -0.589. The Morgan fingerprint density at radius 1 is 0.871 bits per heavy atom. The third-order valence-electron chi connectivity index (χ3n) is 3.46. The number of halogens is 1. The molecular formula is C19H39ClN2O6S3. The van der Waals surface area contributed by atoms with Crippen molar-refractivity contribution in [1.82, 2.24) is 5.32 Å². The van der Waals surface area contributed by atoms with Gasteiger partial charge in [0.1, 0.15) is 3.53 Å². The van der Waals surface area contributed by atoms with Gasteiger partial charge in [-0.05, 0) is 19.6 Å². The number of carbonyl (C=O) groups is 1. The summed E-state index contributed by atoms with van der Waals surface area (Å²) in [6, 6.07) is 0. The zero-order chi connectivity index (χ0) is 22.5. The van der Waals surface area contributed by atoms with Gasteiger partial charge in [-0.1, -0.05) is 30.9 Å². The van der Waals surface area contributed by atoms with Crippen LogP contribution in [0.1, 0.15) is 20.8 Å². The number of amides is 1. The molecule has 4 N–H and O–H groups in total. The van der Waals surface area contributed by atoms with Gasteiger partial charge in [0, 0.05) is 6.54 Å². The number of hydrogen-bond donors (Lipinski definition) is 2. The molecule has 0 saturated heterocycles. The van der Waals surface area contributed by atoms with E-state index in [1.54, 1.807) is 11.8 Å². The van der Waals surface area contributed by atoms with Crippen molar-refractivity contribution in [2.24, 2.45) is 0 Å². The lowest BCUT2D eigenvalue weighted by molar-refractivity contribution is -0.374. The predicted molar refractivity (Wildman–Crippen MR) is 127 cm³/mol. The van der Waals surface area contributed by atoms with Gasteiger partial charge >= 0.3 is 0 Å². The molecule has 0 unspecified atom stereocenters. The van der Waals surface area contributed by atoms with Crippen LogP contribution in [-0.4, -0.2) is 99.1 Å². The molecule has 0 aromatic carbocycles. The van der Waals surface area contributed by atoms with Crippen LogP contribution >= 0.6 is 35.7 Å². The minimum Gasteiger partial charge on any atom is -1.00 e. The Morgan fingerprint density at radius 3 is 1.71 bits per heavy atom. The van der Waals surface area contributed by atoms with E-state index in [9.17, 15) is 4.79 Å². The van der Waals surface area contributed by atoms with Gasteiger partial charge in [-0.3, -0.25) is 4.79 Å². The van der Waals surface area contributed by atoms with Crippen molar-refractivity contribution >= 4 is 45.2 Å². The van der Waals surface area contributed by atoms with Crippen molar-refractivity contribution < 1.29 is 46.6 Å². The van der Waals surface area contributed by atoms with Crippen molar-refractivity contribution in [2.45, 2.75) is 25.5 Å². The lowest BCUT2D eigenvalue weighted by atomic mass is 10.2. The third kappa shape index (κ3) is 21.9. The summed E-state index contributed by atoms with van der Waals surface area (Å²) >= 11 is 8.26. The number of hydrogen-bond acceptors (Lipinski definition) is 9. The number of thioether (sulfide) groups is 2. The number of carbonyl (C=O) groups excluding carboxylic acids is 1. The van der Waals surface area contributed by atoms with E-state index in [1.807, 2.05) is 20.8 Å². The molecule has 8 nitrogen and oxygen atoms in total. The maximum Gasteiger partial charge on any atom is 0.236 e. The van der Waals surface area contributed by atoms with Crippen LogP contribution in [0.4, 0.5) is 0 Å². The smallest absolute Gasteiger partial charge is 0.236 e. The first-order valence-corrected chi connectivity index (χ1v) is 12.5. The van der Waals surface area contributed by atoms with E-state index in [0.29, 0.717) is 72.6 Å². The van der Waals surface area contributed by atoms with Gasteiger partial charge in [0.2, 0.25) is 5.91 Å². The van der Waals surface area contributed by atoms with E-state index in [1.165, 1.54) is 11.8 Å². The van der Waals surface area contributed by atoms with Gasteiger partial charge in [0.05, 0.1) is 77.4 Å². The number of thiocarbonyl (C=S) groups is 1. The van der Waals surface area contributed by atoms with Crippen molar-refractivity contribution in [3.8, 4) is 0 Å². The third-order valence-corrected chi connectivity index (χ3v) is 6.05. The van der Waals surface area contributed by atoms with Crippen molar-refractivity contribution in [1.29, 1.82) is 0 Å². The second kappa shape index (κ2) is 23.5. The first kappa shape index (κ1) is 33.5. The van der Waals surface area contributed by atoms with Crippen LogP contribution < -0.4 is 23.5 Å². The molecule has 0 bridgehead atoms. The summed E-state index contributed by atoms with van der Waals surface area (Å²) < 4.78 is 27.1. The van der Waals surface area contributed by atoms with Gasteiger partial charge < -0.3 is 47.1 Å². The Kier molecular flexibility index (Phi) is 25.3. The maximum absolute atomic E-state index is 12.3. The predicted octanol–water partition coefficient (Wildman–Crippen LogP) is -2.02. The molecule has 0 aromatic rings. The molecule has 0 saturated carbocycles. The Bertz CT molecular complexity index is 451. The molecule has 0 rings (SSSR count). The molecule has 31 heavy (non-hydrogen) atoms. The van der Waals surface area contributed by atoms with Crippen LogP contribution in [0.25, 0.3) is 0 Å². The molecule has 0 spiro atoms. The highest BCUT2D eigenvalue weighted by molar-refractivity contribution is 8.47. The average Bonchev–Trinajstić information content (AvgIpc) is 2.69. The highest BCUT2D eigenvalue weighted by Crippen LogP contribution is 2.30. The van der Waals surface area contributed by atoms with E-state index < -0.39 is 4.75 Å². The van der Waals surface area contributed by atoms with Crippen molar-refractivity contribution in [3.05, 3.63) is 0 Å². The molecule has 0 aliphatic carbocycles. The SMILES string of the molecule is CCSC(=S)SC(C)(C)C(=O)NCCOCCOCCOCCOCCOCC[NH3+].[Cl-]. The second-order valence-electron chi connectivity index (χ2n) is 6.47. The minimum absolute atomic E-state index is 0. The monoisotopic (exact) mass is 522 g/mol. The Hall–Kier alpha value is 0.310. The van der Waals surface area contributed by atoms with E-state index in [-0.39, 0.29) is 18.3 Å². The van der Waals surface area contributed by atoms with Crippen LogP contribution in [0.5, 0.6) is 0 Å². The summed E-state index contributed by atoms with van der Waals surface area (Å²) in [5, 5.41) is 2.88. The quantitative estimate of drug-likeness (QED) is 0.138. The zero-order valence-corrected chi connectivity index (χ0v) is 22.2. The first-order chi connectivity index (χ1) is 14.4. The largest absolute Gasteiger partial charge is 1.00 e. The lowest BCUT2D eigenvalue weighted by Gasteiger charge is -2.22. The molecule has 0 aliphatic rings. The van der Waals surface area contributed by atoms with Crippen molar-refractivity contribution in [3.63, 3.8) is 0 Å². The summed E-state index contributed by atoms with van der Waals surface area (Å²) in [6.07, 6.45) is 0. The molecule has 1 amide bonds. The summed E-state index contributed by atoms with van der Waals surface area (Å²) in [4.78, 5) is 12.3. The highest BCUT2D eigenvalue weighted by Gasteiger charge is 2.29. The van der Waals surface area contributed by atoms with Gasteiger partial charge in [0.25, 0.3) is 0 Å². The second-order valence-corrected chi connectivity index (χ2v) is 10.6. The molecule has 0 atom stereocenters. The molecular weight excluding hydrogens is 484 g/mol. The van der Waals surface area contributed by atoms with Crippen LogP contribution in [0.2, 0.25) is 0 Å². The van der Waals surface area contributed by atoms with Crippen LogP contribution in [0.15, 0.2) is 0 Å². The molecule has 12 heteroatoms. The summed E-state index contributed by atoms with van der Waals surface area (Å²) in [5.41, 5.74) is 3.69. The fraction of sp³-hybridized carbons (Fsp3) is 0.895. The normalized spacial score (nSPS) is 11.2. The highest BCUT2D eigenvalue weighted by atomic mass is 35.5. The molecule has 0 aliphatic heterocycles. The molecule has 0 radical (unpaired) electrons. The van der Waals surface area contributed by atoms with Gasteiger partial charge in [-0.2, -0.15) is 0 Å².